The maximum absolute atomic E-state index is 11.6. The zero-order valence-electron chi connectivity index (χ0n) is 10.5. The molecule has 0 aliphatic carbocycles. The minimum absolute atomic E-state index is 0.141. The van der Waals surface area contributed by atoms with Gasteiger partial charge in [0.1, 0.15) is 0 Å². The standard InChI is InChI=1S/C11H18N2O5/c1-3-8(6-14)18-10(7-17-2)13-5-4-9(15)12-11(13)16/h4-5,8,10,14H,3,6-7H2,1-2H3,(H,12,15,16)/t8-,10+/m0/s1. The number of nitrogens with zero attached hydrogens (tertiary/aromatic N) is 1. The van der Waals surface area contributed by atoms with Crippen LogP contribution in [0.25, 0.3) is 0 Å². The van der Waals surface area contributed by atoms with E-state index >= 15 is 0 Å². The summed E-state index contributed by atoms with van der Waals surface area (Å²) in [5.74, 6) is 0. The third-order valence-electron chi connectivity index (χ3n) is 2.48. The molecule has 102 valence electrons. The Labute approximate surface area is 104 Å². The number of hydrogen-bond donors (Lipinski definition) is 2. The normalized spacial score (nSPS) is 14.4. The van der Waals surface area contributed by atoms with Crippen LogP contribution in [-0.2, 0) is 9.47 Å². The second kappa shape index (κ2) is 7.10. The van der Waals surface area contributed by atoms with Crippen LogP contribution in [0.1, 0.15) is 19.6 Å². The van der Waals surface area contributed by atoms with E-state index < -0.39 is 17.5 Å². The van der Waals surface area contributed by atoms with Gasteiger partial charge in [-0.3, -0.25) is 14.3 Å². The first kappa shape index (κ1) is 14.6. The molecule has 2 N–H and O–H groups in total. The highest BCUT2D eigenvalue weighted by Gasteiger charge is 2.17. The van der Waals surface area contributed by atoms with E-state index in [0.717, 1.165) is 0 Å². The molecule has 7 nitrogen and oxygen atoms in total. The van der Waals surface area contributed by atoms with Crippen LogP contribution in [-0.4, -0.2) is 41.1 Å². The molecule has 18 heavy (non-hydrogen) atoms. The van der Waals surface area contributed by atoms with Crippen LogP contribution in [0.2, 0.25) is 0 Å². The van der Waals surface area contributed by atoms with Crippen molar-refractivity contribution in [3.05, 3.63) is 33.1 Å². The highest BCUT2D eigenvalue weighted by Crippen LogP contribution is 2.11. The number of H-pyrrole nitrogens is 1. The predicted molar refractivity (Wildman–Crippen MR) is 64.5 cm³/mol. The van der Waals surface area contributed by atoms with Crippen molar-refractivity contribution >= 4 is 0 Å². The van der Waals surface area contributed by atoms with Crippen molar-refractivity contribution in [3.63, 3.8) is 0 Å². The maximum atomic E-state index is 11.6. The summed E-state index contributed by atoms with van der Waals surface area (Å²) < 4.78 is 11.8. The first-order valence-electron chi connectivity index (χ1n) is 5.69. The Hall–Kier alpha value is -1.44. The van der Waals surface area contributed by atoms with Gasteiger partial charge >= 0.3 is 5.69 Å². The summed E-state index contributed by atoms with van der Waals surface area (Å²) in [6.45, 7) is 1.86. The van der Waals surface area contributed by atoms with Gasteiger partial charge in [-0.05, 0) is 6.42 Å². The summed E-state index contributed by atoms with van der Waals surface area (Å²) in [6, 6.07) is 1.23. The molecule has 0 fully saturated rings. The SMILES string of the molecule is CC[C@@H](CO)O[C@H](COC)n1ccc(=O)[nH]c1=O. The van der Waals surface area contributed by atoms with Gasteiger partial charge < -0.3 is 14.6 Å². The Balaban J connectivity index is 2.96. The zero-order chi connectivity index (χ0) is 13.5. The summed E-state index contributed by atoms with van der Waals surface area (Å²) in [4.78, 5) is 24.7. The summed E-state index contributed by atoms with van der Waals surface area (Å²) >= 11 is 0. The second-order valence-corrected chi connectivity index (χ2v) is 3.78. The topological polar surface area (TPSA) is 93.5 Å². The molecular formula is C11H18N2O5. The van der Waals surface area contributed by atoms with Gasteiger partial charge in [-0.1, -0.05) is 6.92 Å². The molecule has 1 rings (SSSR count). The number of methoxy groups -OCH3 is 1. The number of hydrogen-bond acceptors (Lipinski definition) is 5. The number of aliphatic hydroxyl groups excluding tert-OH is 1. The van der Waals surface area contributed by atoms with Crippen molar-refractivity contribution in [2.45, 2.75) is 25.7 Å². The van der Waals surface area contributed by atoms with Crippen molar-refractivity contribution in [2.75, 3.05) is 20.3 Å². The molecule has 0 amide bonds. The Morgan fingerprint density at radius 2 is 2.22 bits per heavy atom. The molecule has 0 saturated heterocycles. The molecule has 0 aromatic carbocycles. The van der Waals surface area contributed by atoms with E-state index in [1.165, 1.54) is 23.9 Å². The first-order valence-corrected chi connectivity index (χ1v) is 5.69. The third kappa shape index (κ3) is 3.80. The van der Waals surface area contributed by atoms with Crippen LogP contribution < -0.4 is 11.2 Å². The molecule has 2 atom stereocenters. The lowest BCUT2D eigenvalue weighted by Crippen LogP contribution is -2.36. The lowest BCUT2D eigenvalue weighted by atomic mass is 10.3. The molecule has 0 bridgehead atoms. The van der Waals surface area contributed by atoms with Crippen LogP contribution in [0.3, 0.4) is 0 Å². The number of aliphatic hydroxyl groups is 1. The summed E-state index contributed by atoms with van der Waals surface area (Å²) in [5, 5.41) is 9.09. The number of rotatable bonds is 7. The lowest BCUT2D eigenvalue weighted by molar-refractivity contribution is -0.105. The molecule has 1 heterocycles. The highest BCUT2D eigenvalue weighted by atomic mass is 16.6. The predicted octanol–water partition coefficient (Wildman–Crippen LogP) is -0.531. The van der Waals surface area contributed by atoms with Crippen LogP contribution in [0.4, 0.5) is 0 Å². The van der Waals surface area contributed by atoms with E-state index in [1.54, 1.807) is 0 Å². The van der Waals surface area contributed by atoms with Gasteiger partial charge in [-0.2, -0.15) is 0 Å². The largest absolute Gasteiger partial charge is 0.394 e. The smallest absolute Gasteiger partial charge is 0.330 e. The van der Waals surface area contributed by atoms with Crippen LogP contribution in [0.5, 0.6) is 0 Å². The fourth-order valence-electron chi connectivity index (χ4n) is 1.47. The van der Waals surface area contributed by atoms with Crippen LogP contribution in [0, 0.1) is 0 Å². The fourth-order valence-corrected chi connectivity index (χ4v) is 1.47. The van der Waals surface area contributed by atoms with E-state index in [0.29, 0.717) is 6.42 Å². The summed E-state index contributed by atoms with van der Waals surface area (Å²) in [7, 11) is 1.48. The summed E-state index contributed by atoms with van der Waals surface area (Å²) in [6.07, 6.45) is 0.879. The molecule has 0 aliphatic heterocycles. The van der Waals surface area contributed by atoms with E-state index in [9.17, 15) is 9.59 Å². The third-order valence-corrected chi connectivity index (χ3v) is 2.48. The number of aromatic nitrogens is 2. The van der Waals surface area contributed by atoms with Gasteiger partial charge in [-0.25, -0.2) is 4.79 Å². The average molecular weight is 258 g/mol. The number of ether oxygens (including phenoxy) is 2. The van der Waals surface area contributed by atoms with Gasteiger partial charge in [0.2, 0.25) is 0 Å². The van der Waals surface area contributed by atoms with E-state index in [4.69, 9.17) is 14.6 Å². The Kier molecular flexibility index (Phi) is 5.76. The Morgan fingerprint density at radius 1 is 1.50 bits per heavy atom. The molecule has 1 aromatic rings. The second-order valence-electron chi connectivity index (χ2n) is 3.78. The van der Waals surface area contributed by atoms with E-state index in [2.05, 4.69) is 4.98 Å². The zero-order valence-corrected chi connectivity index (χ0v) is 10.5. The number of aromatic amines is 1. The fraction of sp³-hybridized carbons (Fsp3) is 0.636. The minimum atomic E-state index is -0.684. The summed E-state index contributed by atoms with van der Waals surface area (Å²) in [5.41, 5.74) is -1.04. The quantitative estimate of drug-likeness (QED) is 0.685. The molecule has 7 heteroatoms. The van der Waals surface area contributed by atoms with Crippen molar-refractivity contribution < 1.29 is 14.6 Å². The lowest BCUT2D eigenvalue weighted by Gasteiger charge is -2.23. The van der Waals surface area contributed by atoms with Crippen molar-refractivity contribution in [2.24, 2.45) is 0 Å². The molecule has 0 saturated carbocycles. The monoisotopic (exact) mass is 258 g/mol. The molecule has 0 unspecified atom stereocenters. The van der Waals surface area contributed by atoms with Crippen molar-refractivity contribution in [1.82, 2.24) is 9.55 Å². The van der Waals surface area contributed by atoms with Crippen molar-refractivity contribution in [1.29, 1.82) is 0 Å². The van der Waals surface area contributed by atoms with Crippen LogP contribution >= 0.6 is 0 Å². The molecular weight excluding hydrogens is 240 g/mol. The Morgan fingerprint density at radius 3 is 2.72 bits per heavy atom. The first-order chi connectivity index (χ1) is 8.62. The minimum Gasteiger partial charge on any atom is -0.394 e. The Bertz CT molecular complexity index is 463. The van der Waals surface area contributed by atoms with Crippen molar-refractivity contribution in [3.8, 4) is 0 Å². The molecule has 0 aliphatic rings. The molecule has 1 aromatic heterocycles. The van der Waals surface area contributed by atoms with E-state index in [1.807, 2.05) is 6.92 Å². The molecule has 0 spiro atoms. The van der Waals surface area contributed by atoms with Gasteiger partial charge in [0.15, 0.2) is 6.23 Å². The average Bonchev–Trinajstić information content (AvgIpc) is 2.35. The van der Waals surface area contributed by atoms with Crippen LogP contribution in [0.15, 0.2) is 21.9 Å². The highest BCUT2D eigenvalue weighted by molar-refractivity contribution is 4.84. The van der Waals surface area contributed by atoms with Gasteiger partial charge in [0.05, 0.1) is 19.3 Å². The van der Waals surface area contributed by atoms with Gasteiger partial charge in [0.25, 0.3) is 5.56 Å². The van der Waals surface area contributed by atoms with Gasteiger partial charge in [0, 0.05) is 19.4 Å². The molecule has 0 radical (unpaired) electrons. The maximum Gasteiger partial charge on any atom is 0.330 e. The van der Waals surface area contributed by atoms with Gasteiger partial charge in [-0.15, -0.1) is 0 Å². The number of nitrogens with one attached hydrogen (secondary N) is 1. The van der Waals surface area contributed by atoms with E-state index in [-0.39, 0.29) is 19.3 Å².